The first-order chi connectivity index (χ1) is 10.9. The van der Waals surface area contributed by atoms with E-state index in [2.05, 4.69) is 0 Å². The summed E-state index contributed by atoms with van der Waals surface area (Å²) < 4.78 is 22.8. The van der Waals surface area contributed by atoms with E-state index in [4.69, 9.17) is 16.7 Å². The van der Waals surface area contributed by atoms with Gasteiger partial charge in [0, 0.05) is 6.42 Å². The van der Waals surface area contributed by atoms with E-state index in [1.807, 2.05) is 30.3 Å². The molecule has 0 bridgehead atoms. The Hall–Kier alpha value is -1.89. The first-order valence-electron chi connectivity index (χ1n) is 7.07. The summed E-state index contributed by atoms with van der Waals surface area (Å²) in [7, 11) is -3.83. The van der Waals surface area contributed by atoms with Gasteiger partial charge in [0.05, 0.1) is 21.6 Å². The number of sulfonamides is 1. The number of nitrogens with two attached hydrogens (primary N) is 1. The van der Waals surface area contributed by atoms with Gasteiger partial charge >= 0.3 is 0 Å². The van der Waals surface area contributed by atoms with Crippen LogP contribution in [0, 0.1) is 0 Å². The molecule has 2 aromatic rings. The van der Waals surface area contributed by atoms with Crippen molar-refractivity contribution in [3.05, 3.63) is 59.1 Å². The molecule has 7 heteroatoms. The lowest BCUT2D eigenvalue weighted by Gasteiger charge is -2.26. The number of benzene rings is 2. The minimum absolute atomic E-state index is 0.0379. The van der Waals surface area contributed by atoms with E-state index in [1.54, 1.807) is 4.90 Å². The van der Waals surface area contributed by atoms with Gasteiger partial charge in [-0.25, -0.2) is 13.6 Å². The van der Waals surface area contributed by atoms with Crippen LogP contribution in [-0.4, -0.2) is 14.3 Å². The standard InChI is InChI=1S/C16H15ClN2O3S/c17-13-10-12(23(18,21)22)6-7-15(13)19-14(8-9-16(19)20)11-4-2-1-3-5-11/h1-7,10,14H,8-9H2,(H2,18,21,22). The summed E-state index contributed by atoms with van der Waals surface area (Å²) in [6.45, 7) is 0. The van der Waals surface area contributed by atoms with Crippen LogP contribution >= 0.6 is 11.6 Å². The molecule has 2 N–H and O–H groups in total. The Labute approximate surface area is 139 Å². The van der Waals surface area contributed by atoms with Crippen molar-refractivity contribution in [1.29, 1.82) is 0 Å². The Morgan fingerprint density at radius 1 is 1.13 bits per heavy atom. The van der Waals surface area contributed by atoms with Crippen LogP contribution in [0.2, 0.25) is 5.02 Å². The highest BCUT2D eigenvalue weighted by Crippen LogP contribution is 2.40. The summed E-state index contributed by atoms with van der Waals surface area (Å²) >= 11 is 6.22. The molecular weight excluding hydrogens is 336 g/mol. The summed E-state index contributed by atoms with van der Waals surface area (Å²) in [5, 5.41) is 5.30. The monoisotopic (exact) mass is 350 g/mol. The van der Waals surface area contributed by atoms with Gasteiger partial charge in [-0.15, -0.1) is 0 Å². The van der Waals surface area contributed by atoms with E-state index in [0.29, 0.717) is 18.5 Å². The Kier molecular flexibility index (Phi) is 4.14. The molecule has 1 saturated heterocycles. The van der Waals surface area contributed by atoms with Gasteiger partial charge in [-0.2, -0.15) is 0 Å². The third-order valence-electron chi connectivity index (χ3n) is 3.90. The SMILES string of the molecule is NS(=O)(=O)c1ccc(N2C(=O)CCC2c2ccccc2)c(Cl)c1. The molecular formula is C16H15ClN2O3S. The van der Waals surface area contributed by atoms with Crippen molar-refractivity contribution in [3.63, 3.8) is 0 Å². The Morgan fingerprint density at radius 2 is 1.83 bits per heavy atom. The van der Waals surface area contributed by atoms with Crippen LogP contribution in [0.5, 0.6) is 0 Å². The van der Waals surface area contributed by atoms with E-state index in [1.165, 1.54) is 18.2 Å². The van der Waals surface area contributed by atoms with Crippen LogP contribution in [-0.2, 0) is 14.8 Å². The summed E-state index contributed by atoms with van der Waals surface area (Å²) in [5.74, 6) is -0.0379. The maximum atomic E-state index is 12.3. The zero-order chi connectivity index (χ0) is 16.6. The average molecular weight is 351 g/mol. The highest BCUT2D eigenvalue weighted by molar-refractivity contribution is 7.89. The third-order valence-corrected chi connectivity index (χ3v) is 5.12. The van der Waals surface area contributed by atoms with Gasteiger partial charge in [0.15, 0.2) is 0 Å². The summed E-state index contributed by atoms with van der Waals surface area (Å²) in [4.78, 5) is 13.9. The van der Waals surface area contributed by atoms with Crippen molar-refractivity contribution in [3.8, 4) is 0 Å². The van der Waals surface area contributed by atoms with Crippen LogP contribution in [0.1, 0.15) is 24.4 Å². The molecule has 1 unspecified atom stereocenters. The van der Waals surface area contributed by atoms with E-state index in [0.717, 1.165) is 5.56 Å². The molecule has 1 atom stereocenters. The molecule has 2 aromatic carbocycles. The summed E-state index contributed by atoms with van der Waals surface area (Å²) in [6, 6.07) is 13.7. The fourth-order valence-electron chi connectivity index (χ4n) is 2.84. The first-order valence-corrected chi connectivity index (χ1v) is 9.00. The number of hydrogen-bond acceptors (Lipinski definition) is 3. The number of anilines is 1. The molecule has 1 amide bonds. The molecule has 0 aromatic heterocycles. The second kappa shape index (κ2) is 5.96. The largest absolute Gasteiger partial charge is 0.303 e. The lowest BCUT2D eigenvalue weighted by Crippen LogP contribution is -2.27. The normalized spacial score (nSPS) is 18.4. The lowest BCUT2D eigenvalue weighted by molar-refractivity contribution is -0.117. The van der Waals surface area contributed by atoms with Gasteiger partial charge in [0.2, 0.25) is 15.9 Å². The van der Waals surface area contributed by atoms with Crippen molar-refractivity contribution in [1.82, 2.24) is 0 Å². The number of halogens is 1. The molecule has 23 heavy (non-hydrogen) atoms. The second-order valence-corrected chi connectivity index (χ2v) is 7.36. The predicted octanol–water partition coefficient (Wildman–Crippen LogP) is 2.86. The zero-order valence-corrected chi connectivity index (χ0v) is 13.7. The molecule has 1 aliphatic rings. The number of hydrogen-bond donors (Lipinski definition) is 1. The van der Waals surface area contributed by atoms with Crippen LogP contribution in [0.3, 0.4) is 0 Å². The number of carbonyl (C=O) groups is 1. The highest BCUT2D eigenvalue weighted by atomic mass is 35.5. The van der Waals surface area contributed by atoms with Gasteiger partial charge in [-0.05, 0) is 30.2 Å². The molecule has 0 radical (unpaired) electrons. The maximum Gasteiger partial charge on any atom is 0.238 e. The smallest absolute Gasteiger partial charge is 0.238 e. The number of rotatable bonds is 3. The molecule has 0 saturated carbocycles. The number of nitrogens with zero attached hydrogens (tertiary/aromatic N) is 1. The van der Waals surface area contributed by atoms with Crippen LogP contribution in [0.15, 0.2) is 53.4 Å². The predicted molar refractivity (Wildman–Crippen MR) is 88.7 cm³/mol. The first kappa shape index (κ1) is 16.0. The van der Waals surface area contributed by atoms with E-state index in [-0.39, 0.29) is 21.9 Å². The fourth-order valence-corrected chi connectivity index (χ4v) is 3.71. The van der Waals surface area contributed by atoms with Crippen LogP contribution in [0.4, 0.5) is 5.69 Å². The minimum Gasteiger partial charge on any atom is -0.303 e. The van der Waals surface area contributed by atoms with Gasteiger partial charge in [0.25, 0.3) is 0 Å². The van der Waals surface area contributed by atoms with Gasteiger partial charge < -0.3 is 4.90 Å². The number of carbonyl (C=O) groups excluding carboxylic acids is 1. The van der Waals surface area contributed by atoms with Crippen LogP contribution < -0.4 is 10.0 Å². The molecule has 5 nitrogen and oxygen atoms in total. The second-order valence-electron chi connectivity index (χ2n) is 5.39. The molecule has 1 fully saturated rings. The molecule has 0 spiro atoms. The molecule has 0 aliphatic carbocycles. The van der Waals surface area contributed by atoms with Crippen molar-refractivity contribution in [2.75, 3.05) is 4.90 Å². The number of amides is 1. The number of primary sulfonamides is 1. The lowest BCUT2D eigenvalue weighted by atomic mass is 10.0. The molecule has 1 heterocycles. The Bertz CT molecular complexity index is 853. The highest BCUT2D eigenvalue weighted by Gasteiger charge is 2.34. The zero-order valence-electron chi connectivity index (χ0n) is 12.1. The summed E-state index contributed by atoms with van der Waals surface area (Å²) in [5.41, 5.74) is 1.51. The van der Waals surface area contributed by atoms with Gasteiger partial charge in [-0.1, -0.05) is 41.9 Å². The average Bonchev–Trinajstić information content (AvgIpc) is 2.89. The minimum atomic E-state index is -3.83. The van der Waals surface area contributed by atoms with Gasteiger partial charge in [0.1, 0.15) is 0 Å². The van der Waals surface area contributed by atoms with E-state index < -0.39 is 10.0 Å². The summed E-state index contributed by atoms with van der Waals surface area (Å²) in [6.07, 6.45) is 1.11. The molecule has 1 aliphatic heterocycles. The maximum absolute atomic E-state index is 12.3. The molecule has 120 valence electrons. The van der Waals surface area contributed by atoms with Crippen LogP contribution in [0.25, 0.3) is 0 Å². The third kappa shape index (κ3) is 3.10. The van der Waals surface area contributed by atoms with Gasteiger partial charge in [-0.3, -0.25) is 4.79 Å². The Morgan fingerprint density at radius 3 is 2.43 bits per heavy atom. The quantitative estimate of drug-likeness (QED) is 0.924. The van der Waals surface area contributed by atoms with E-state index >= 15 is 0 Å². The topological polar surface area (TPSA) is 80.5 Å². The van der Waals surface area contributed by atoms with E-state index in [9.17, 15) is 13.2 Å². The fraction of sp³-hybridized carbons (Fsp3) is 0.188. The molecule has 3 rings (SSSR count). The Balaban J connectivity index is 2.04. The van der Waals surface area contributed by atoms with Crippen molar-refractivity contribution in [2.24, 2.45) is 5.14 Å². The van der Waals surface area contributed by atoms with Crippen molar-refractivity contribution in [2.45, 2.75) is 23.8 Å². The van der Waals surface area contributed by atoms with Crippen molar-refractivity contribution >= 4 is 33.2 Å². The van der Waals surface area contributed by atoms with Crippen molar-refractivity contribution < 1.29 is 13.2 Å².